The largest absolute Gasteiger partial charge is 0.462 e. The smallest absolute Gasteiger partial charge is 0.129 e. The number of hydrogen-bond acceptors (Lipinski definition) is 4. The molecule has 0 amide bonds. The van der Waals surface area contributed by atoms with Gasteiger partial charge in [-0.25, -0.2) is 0 Å². The van der Waals surface area contributed by atoms with Crippen LogP contribution in [0.1, 0.15) is 36.8 Å². The van der Waals surface area contributed by atoms with Gasteiger partial charge in [0.05, 0.1) is 6.04 Å². The molecule has 1 aromatic heterocycles. The first-order valence-electron chi connectivity index (χ1n) is 7.02. The van der Waals surface area contributed by atoms with Crippen molar-refractivity contribution in [3.63, 3.8) is 0 Å². The molecule has 3 rings (SSSR count). The fourth-order valence-corrected chi connectivity index (χ4v) is 3.06. The summed E-state index contributed by atoms with van der Waals surface area (Å²) in [6, 6.07) is 4.38. The minimum atomic E-state index is -0.00105. The fourth-order valence-electron chi connectivity index (χ4n) is 3.06. The maximum Gasteiger partial charge on any atom is 0.129 e. The van der Waals surface area contributed by atoms with Crippen molar-refractivity contribution >= 4 is 0 Å². The summed E-state index contributed by atoms with van der Waals surface area (Å²) in [5.74, 6) is 2.47. The highest BCUT2D eigenvalue weighted by Crippen LogP contribution is 2.41. The maximum absolute atomic E-state index is 9.14. The second-order valence-electron chi connectivity index (χ2n) is 5.38. The average Bonchev–Trinajstić information content (AvgIpc) is 2.83. The van der Waals surface area contributed by atoms with Crippen LogP contribution in [-0.2, 0) is 6.61 Å². The molecule has 1 aliphatic heterocycles. The first kappa shape index (κ1) is 12.2. The van der Waals surface area contributed by atoms with Gasteiger partial charge in [0.25, 0.3) is 0 Å². The molecule has 2 fully saturated rings. The lowest BCUT2D eigenvalue weighted by atomic mass is 9.78. The molecule has 2 N–H and O–H groups in total. The zero-order chi connectivity index (χ0) is 12.4. The summed E-state index contributed by atoms with van der Waals surface area (Å²) >= 11 is 0. The molecule has 0 aromatic carbocycles. The Labute approximate surface area is 108 Å². The Morgan fingerprint density at radius 1 is 1.33 bits per heavy atom. The van der Waals surface area contributed by atoms with E-state index >= 15 is 0 Å². The Balaban J connectivity index is 1.79. The van der Waals surface area contributed by atoms with Crippen molar-refractivity contribution in [2.45, 2.75) is 31.9 Å². The summed E-state index contributed by atoms with van der Waals surface area (Å²) in [7, 11) is 0. The summed E-state index contributed by atoms with van der Waals surface area (Å²) < 4.78 is 5.79. The van der Waals surface area contributed by atoms with Gasteiger partial charge in [-0.2, -0.15) is 0 Å². The van der Waals surface area contributed by atoms with Crippen molar-refractivity contribution in [1.82, 2.24) is 10.2 Å². The van der Waals surface area contributed by atoms with E-state index in [-0.39, 0.29) is 6.61 Å². The Kier molecular flexibility index (Phi) is 3.68. The van der Waals surface area contributed by atoms with Crippen molar-refractivity contribution in [1.29, 1.82) is 0 Å². The zero-order valence-electron chi connectivity index (χ0n) is 10.8. The molecule has 0 bridgehead atoms. The van der Waals surface area contributed by atoms with Gasteiger partial charge in [0, 0.05) is 26.2 Å². The van der Waals surface area contributed by atoms with E-state index in [9.17, 15) is 0 Å². The molecule has 2 aliphatic rings. The van der Waals surface area contributed by atoms with Crippen LogP contribution in [-0.4, -0.2) is 36.2 Å². The lowest BCUT2D eigenvalue weighted by molar-refractivity contribution is 0.0663. The van der Waals surface area contributed by atoms with Gasteiger partial charge in [-0.15, -0.1) is 0 Å². The molecule has 0 spiro atoms. The second-order valence-corrected chi connectivity index (χ2v) is 5.38. The number of aliphatic hydroxyl groups excluding tert-OH is 1. The van der Waals surface area contributed by atoms with Crippen LogP contribution in [0.4, 0.5) is 0 Å². The summed E-state index contributed by atoms with van der Waals surface area (Å²) in [4.78, 5) is 2.54. The van der Waals surface area contributed by atoms with Crippen molar-refractivity contribution in [2.24, 2.45) is 5.92 Å². The van der Waals surface area contributed by atoms with E-state index in [1.165, 1.54) is 19.3 Å². The van der Waals surface area contributed by atoms with Crippen LogP contribution in [0.25, 0.3) is 0 Å². The predicted molar refractivity (Wildman–Crippen MR) is 69.2 cm³/mol. The third kappa shape index (κ3) is 2.32. The Bertz CT molecular complexity index is 381. The first-order valence-corrected chi connectivity index (χ1v) is 7.02. The van der Waals surface area contributed by atoms with Gasteiger partial charge in [-0.05, 0) is 30.9 Å². The quantitative estimate of drug-likeness (QED) is 0.850. The lowest BCUT2D eigenvalue weighted by Gasteiger charge is -2.41. The highest BCUT2D eigenvalue weighted by atomic mass is 16.4. The topological polar surface area (TPSA) is 48.6 Å². The van der Waals surface area contributed by atoms with Crippen LogP contribution in [0, 0.1) is 5.92 Å². The average molecular weight is 250 g/mol. The van der Waals surface area contributed by atoms with Gasteiger partial charge in [0.15, 0.2) is 0 Å². The van der Waals surface area contributed by atoms with Crippen LogP contribution < -0.4 is 5.32 Å². The molecule has 0 unspecified atom stereocenters. The molecule has 1 aromatic rings. The van der Waals surface area contributed by atoms with Crippen LogP contribution in [0.2, 0.25) is 0 Å². The fraction of sp³-hybridized carbons (Fsp3) is 0.714. The van der Waals surface area contributed by atoms with Gasteiger partial charge in [0.1, 0.15) is 18.1 Å². The minimum absolute atomic E-state index is 0.00105. The van der Waals surface area contributed by atoms with Crippen LogP contribution in [0.3, 0.4) is 0 Å². The van der Waals surface area contributed by atoms with Crippen molar-refractivity contribution < 1.29 is 9.52 Å². The molecule has 2 heterocycles. The van der Waals surface area contributed by atoms with Gasteiger partial charge in [-0.1, -0.05) is 6.42 Å². The summed E-state index contributed by atoms with van der Waals surface area (Å²) in [6.45, 7) is 4.32. The SMILES string of the molecule is OCc1ccc([C@H](C2CCC2)N2CCNCC2)o1. The summed E-state index contributed by atoms with van der Waals surface area (Å²) in [5.41, 5.74) is 0. The van der Waals surface area contributed by atoms with Crippen LogP contribution in [0.5, 0.6) is 0 Å². The molecule has 0 radical (unpaired) electrons. The third-order valence-electron chi connectivity index (χ3n) is 4.27. The van der Waals surface area contributed by atoms with E-state index in [1.807, 2.05) is 6.07 Å². The van der Waals surface area contributed by atoms with E-state index in [2.05, 4.69) is 16.3 Å². The van der Waals surface area contributed by atoms with Crippen molar-refractivity contribution in [3.05, 3.63) is 23.7 Å². The molecule has 1 aliphatic carbocycles. The van der Waals surface area contributed by atoms with Crippen LogP contribution in [0.15, 0.2) is 16.5 Å². The molecule has 1 atom stereocenters. The van der Waals surface area contributed by atoms with Gasteiger partial charge >= 0.3 is 0 Å². The number of hydrogen-bond donors (Lipinski definition) is 2. The van der Waals surface area contributed by atoms with Gasteiger partial charge in [-0.3, -0.25) is 4.90 Å². The Morgan fingerprint density at radius 2 is 2.11 bits per heavy atom. The molecule has 100 valence electrons. The molecular formula is C14H22N2O2. The number of nitrogens with one attached hydrogen (secondary N) is 1. The Hall–Kier alpha value is -0.840. The summed E-state index contributed by atoms with van der Waals surface area (Å²) in [5, 5.41) is 12.5. The molecule has 18 heavy (non-hydrogen) atoms. The van der Waals surface area contributed by atoms with Crippen molar-refractivity contribution in [2.75, 3.05) is 26.2 Å². The van der Waals surface area contributed by atoms with E-state index in [1.54, 1.807) is 0 Å². The van der Waals surface area contributed by atoms with Crippen LogP contribution >= 0.6 is 0 Å². The minimum Gasteiger partial charge on any atom is -0.462 e. The Morgan fingerprint density at radius 3 is 2.67 bits per heavy atom. The molecule has 4 heteroatoms. The molecule has 4 nitrogen and oxygen atoms in total. The number of aliphatic hydroxyl groups is 1. The molecular weight excluding hydrogens is 228 g/mol. The molecule has 1 saturated carbocycles. The van der Waals surface area contributed by atoms with E-state index in [4.69, 9.17) is 9.52 Å². The zero-order valence-corrected chi connectivity index (χ0v) is 10.8. The lowest BCUT2D eigenvalue weighted by Crippen LogP contribution is -2.47. The number of furan rings is 1. The van der Waals surface area contributed by atoms with Crippen molar-refractivity contribution in [3.8, 4) is 0 Å². The maximum atomic E-state index is 9.14. The normalized spacial score (nSPS) is 23.8. The van der Waals surface area contributed by atoms with E-state index in [0.29, 0.717) is 11.8 Å². The standard InChI is InChI=1S/C14H22N2O2/c17-10-12-4-5-13(18-12)14(11-2-1-3-11)16-8-6-15-7-9-16/h4-5,11,14-15,17H,1-3,6-10H2/t14-/m0/s1. The van der Waals surface area contributed by atoms with E-state index < -0.39 is 0 Å². The predicted octanol–water partition coefficient (Wildman–Crippen LogP) is 1.52. The first-order chi connectivity index (χ1) is 8.88. The second kappa shape index (κ2) is 5.43. The highest BCUT2D eigenvalue weighted by molar-refractivity contribution is 5.13. The van der Waals surface area contributed by atoms with Gasteiger partial charge in [0.2, 0.25) is 0 Å². The molecule has 1 saturated heterocycles. The third-order valence-corrected chi connectivity index (χ3v) is 4.27. The van der Waals surface area contributed by atoms with Gasteiger partial charge < -0.3 is 14.8 Å². The monoisotopic (exact) mass is 250 g/mol. The number of nitrogens with zero attached hydrogens (tertiary/aromatic N) is 1. The number of piperazine rings is 1. The highest BCUT2D eigenvalue weighted by Gasteiger charge is 2.35. The summed E-state index contributed by atoms with van der Waals surface area (Å²) in [6.07, 6.45) is 3.97. The van der Waals surface area contributed by atoms with E-state index in [0.717, 1.165) is 37.9 Å². The number of rotatable bonds is 4.